The second-order valence-corrected chi connectivity index (χ2v) is 8.90. The molecule has 1 saturated heterocycles. The Kier molecular flexibility index (Phi) is 5.42. The Hall–Kier alpha value is -2.69. The van der Waals surface area contributed by atoms with Gasteiger partial charge < -0.3 is 0 Å². The lowest BCUT2D eigenvalue weighted by Gasteiger charge is -2.30. The molecule has 0 atom stereocenters. The molecule has 1 fully saturated rings. The van der Waals surface area contributed by atoms with Crippen molar-refractivity contribution >= 4 is 15.6 Å². The lowest BCUT2D eigenvalue weighted by molar-refractivity contribution is 0.395. The maximum absolute atomic E-state index is 13.1. The molecule has 4 rings (SSSR count). The molecule has 4 heteroatoms. The zero-order valence-electron chi connectivity index (χ0n) is 15.7. The molecule has 1 aliphatic heterocycles. The summed E-state index contributed by atoms with van der Waals surface area (Å²) in [5.41, 5.74) is 4.57. The van der Waals surface area contributed by atoms with Crippen molar-refractivity contribution in [3.05, 3.63) is 108 Å². The third-order valence-electron chi connectivity index (χ3n) is 5.11. The fourth-order valence-electron chi connectivity index (χ4n) is 3.78. The standard InChI is InChI=1S/C24H23NO2S/c26-28(27,23-16-8-3-9-17-23)25-18-10-15-22(19-25)24(20-11-4-1-5-12-20)21-13-6-2-7-14-21/h1-9,11-14,16-17H,10,15,18-19H2. The molecule has 1 heterocycles. The minimum absolute atomic E-state index is 0.359. The molecule has 28 heavy (non-hydrogen) atoms. The van der Waals surface area contributed by atoms with Crippen LogP contribution in [0.25, 0.3) is 5.57 Å². The topological polar surface area (TPSA) is 37.4 Å². The molecule has 3 aromatic carbocycles. The van der Waals surface area contributed by atoms with E-state index in [-0.39, 0.29) is 0 Å². The summed E-state index contributed by atoms with van der Waals surface area (Å²) in [6.45, 7) is 0.980. The van der Waals surface area contributed by atoms with Crippen molar-refractivity contribution in [1.82, 2.24) is 4.31 Å². The van der Waals surface area contributed by atoms with Crippen molar-refractivity contribution in [3.8, 4) is 0 Å². The van der Waals surface area contributed by atoms with E-state index in [1.54, 1.807) is 28.6 Å². The summed E-state index contributed by atoms with van der Waals surface area (Å²) in [5.74, 6) is 0. The smallest absolute Gasteiger partial charge is 0.207 e. The van der Waals surface area contributed by atoms with Gasteiger partial charge in [0.25, 0.3) is 0 Å². The molecule has 0 unspecified atom stereocenters. The summed E-state index contributed by atoms with van der Waals surface area (Å²) in [7, 11) is -3.49. The summed E-state index contributed by atoms with van der Waals surface area (Å²) in [6, 6.07) is 29.2. The maximum Gasteiger partial charge on any atom is 0.243 e. The molecule has 0 aromatic heterocycles. The molecule has 3 aromatic rings. The second-order valence-electron chi connectivity index (χ2n) is 6.97. The van der Waals surface area contributed by atoms with Crippen LogP contribution in [0.5, 0.6) is 0 Å². The van der Waals surface area contributed by atoms with Crippen molar-refractivity contribution in [2.75, 3.05) is 13.1 Å². The van der Waals surface area contributed by atoms with Crippen LogP contribution < -0.4 is 0 Å². The van der Waals surface area contributed by atoms with E-state index in [2.05, 4.69) is 24.3 Å². The maximum atomic E-state index is 13.1. The van der Waals surface area contributed by atoms with Crippen LogP contribution in [0.15, 0.2) is 101 Å². The largest absolute Gasteiger partial charge is 0.243 e. The van der Waals surface area contributed by atoms with Crippen molar-refractivity contribution in [1.29, 1.82) is 0 Å². The van der Waals surface area contributed by atoms with Crippen LogP contribution in [-0.4, -0.2) is 25.8 Å². The minimum atomic E-state index is -3.49. The van der Waals surface area contributed by atoms with Gasteiger partial charge in [0, 0.05) is 13.1 Å². The number of nitrogens with zero attached hydrogens (tertiary/aromatic N) is 1. The van der Waals surface area contributed by atoms with Crippen LogP contribution >= 0.6 is 0 Å². The number of sulfonamides is 1. The normalized spacial score (nSPS) is 15.4. The summed E-state index contributed by atoms with van der Waals surface area (Å²) in [6.07, 6.45) is 1.73. The lowest BCUT2D eigenvalue weighted by Crippen LogP contribution is -2.37. The fraction of sp³-hybridized carbons (Fsp3) is 0.167. The van der Waals surface area contributed by atoms with Gasteiger partial charge in [0.1, 0.15) is 0 Å². The van der Waals surface area contributed by atoms with Gasteiger partial charge in [-0.25, -0.2) is 8.42 Å². The molecule has 3 nitrogen and oxygen atoms in total. The SMILES string of the molecule is O=S(=O)(c1ccccc1)N1CCCC(=C(c2ccccc2)c2ccccc2)C1. The van der Waals surface area contributed by atoms with E-state index in [0.717, 1.165) is 29.5 Å². The van der Waals surface area contributed by atoms with Crippen LogP contribution in [0.2, 0.25) is 0 Å². The van der Waals surface area contributed by atoms with Gasteiger partial charge in [-0.3, -0.25) is 0 Å². The van der Waals surface area contributed by atoms with Crippen molar-refractivity contribution in [2.45, 2.75) is 17.7 Å². The average Bonchev–Trinajstić information content (AvgIpc) is 2.76. The Balaban J connectivity index is 1.78. The molecule has 142 valence electrons. The first kappa shape index (κ1) is 18.7. The molecule has 1 aliphatic rings. The summed E-state index contributed by atoms with van der Waals surface area (Å²) in [4.78, 5) is 0.359. The van der Waals surface area contributed by atoms with Crippen LogP contribution in [-0.2, 0) is 10.0 Å². The summed E-state index contributed by atoms with van der Waals surface area (Å²) < 4.78 is 27.9. The fourth-order valence-corrected chi connectivity index (χ4v) is 5.27. The highest BCUT2D eigenvalue weighted by molar-refractivity contribution is 7.89. The molecule has 0 N–H and O–H groups in total. The van der Waals surface area contributed by atoms with Crippen molar-refractivity contribution < 1.29 is 8.42 Å². The van der Waals surface area contributed by atoms with E-state index in [9.17, 15) is 8.42 Å². The Labute approximate surface area is 167 Å². The van der Waals surface area contributed by atoms with Crippen LogP contribution in [0.4, 0.5) is 0 Å². The van der Waals surface area contributed by atoms with Gasteiger partial charge in [-0.2, -0.15) is 4.31 Å². The highest BCUT2D eigenvalue weighted by Crippen LogP contribution is 2.33. The van der Waals surface area contributed by atoms with E-state index >= 15 is 0 Å². The van der Waals surface area contributed by atoms with Crippen molar-refractivity contribution in [3.63, 3.8) is 0 Å². The van der Waals surface area contributed by atoms with Gasteiger partial charge in [-0.1, -0.05) is 78.9 Å². The quantitative estimate of drug-likeness (QED) is 0.631. The van der Waals surface area contributed by atoms with Crippen molar-refractivity contribution in [2.24, 2.45) is 0 Å². The highest BCUT2D eigenvalue weighted by atomic mass is 32.2. The van der Waals surface area contributed by atoms with E-state index in [1.165, 1.54) is 5.57 Å². The van der Waals surface area contributed by atoms with Gasteiger partial charge in [-0.05, 0) is 47.2 Å². The van der Waals surface area contributed by atoms with Crippen LogP contribution in [0, 0.1) is 0 Å². The first-order chi connectivity index (χ1) is 13.7. The van der Waals surface area contributed by atoms with Gasteiger partial charge >= 0.3 is 0 Å². The third-order valence-corrected chi connectivity index (χ3v) is 6.97. The number of hydrogen-bond acceptors (Lipinski definition) is 2. The number of benzene rings is 3. The molecule has 0 spiro atoms. The van der Waals surface area contributed by atoms with Gasteiger partial charge in [0.05, 0.1) is 4.90 Å². The van der Waals surface area contributed by atoms with Gasteiger partial charge in [-0.15, -0.1) is 0 Å². The van der Waals surface area contributed by atoms with E-state index in [1.807, 2.05) is 42.5 Å². The monoisotopic (exact) mass is 389 g/mol. The zero-order valence-corrected chi connectivity index (χ0v) is 16.5. The van der Waals surface area contributed by atoms with Crippen LogP contribution in [0.1, 0.15) is 24.0 Å². The molecule has 0 radical (unpaired) electrons. The number of rotatable bonds is 4. The zero-order chi connectivity index (χ0) is 19.4. The van der Waals surface area contributed by atoms with Crippen LogP contribution in [0.3, 0.4) is 0 Å². The highest BCUT2D eigenvalue weighted by Gasteiger charge is 2.29. The first-order valence-electron chi connectivity index (χ1n) is 9.54. The Morgan fingerprint density at radius 3 is 1.75 bits per heavy atom. The summed E-state index contributed by atoms with van der Waals surface area (Å²) >= 11 is 0. The average molecular weight is 390 g/mol. The Morgan fingerprint density at radius 1 is 0.714 bits per heavy atom. The van der Waals surface area contributed by atoms with Gasteiger partial charge in [0.2, 0.25) is 10.0 Å². The molecule has 0 amide bonds. The lowest BCUT2D eigenvalue weighted by atomic mass is 9.90. The summed E-state index contributed by atoms with van der Waals surface area (Å²) in [5, 5.41) is 0. The number of piperidine rings is 1. The third kappa shape index (κ3) is 3.79. The predicted octanol–water partition coefficient (Wildman–Crippen LogP) is 4.97. The molecule has 0 bridgehead atoms. The van der Waals surface area contributed by atoms with E-state index < -0.39 is 10.0 Å². The van der Waals surface area contributed by atoms with E-state index in [4.69, 9.17) is 0 Å². The first-order valence-corrected chi connectivity index (χ1v) is 11.0. The Morgan fingerprint density at radius 2 is 1.21 bits per heavy atom. The molecular weight excluding hydrogens is 366 g/mol. The second kappa shape index (κ2) is 8.13. The van der Waals surface area contributed by atoms with Gasteiger partial charge in [0.15, 0.2) is 0 Å². The predicted molar refractivity (Wildman–Crippen MR) is 113 cm³/mol. The number of hydrogen-bond donors (Lipinski definition) is 0. The van der Waals surface area contributed by atoms with E-state index in [0.29, 0.717) is 18.0 Å². The molecule has 0 saturated carbocycles. The Bertz CT molecular complexity index is 1020. The molecule has 0 aliphatic carbocycles. The minimum Gasteiger partial charge on any atom is -0.207 e. The molecular formula is C24H23NO2S.